The van der Waals surface area contributed by atoms with Gasteiger partial charge in [-0.3, -0.25) is 0 Å². The number of halogens is 3. The van der Waals surface area contributed by atoms with Crippen molar-refractivity contribution in [1.29, 1.82) is 0 Å². The van der Waals surface area contributed by atoms with E-state index in [2.05, 4.69) is 0 Å². The lowest BCUT2D eigenvalue weighted by atomic mass is 10.2. The predicted octanol–water partition coefficient (Wildman–Crippen LogP) is 4.20. The Morgan fingerprint density at radius 1 is 1.11 bits per heavy atom. The second kappa shape index (κ2) is 6.24. The van der Waals surface area contributed by atoms with Crippen LogP contribution in [0.1, 0.15) is 11.1 Å². The molecule has 0 spiro atoms. The molecule has 19 heavy (non-hydrogen) atoms. The van der Waals surface area contributed by atoms with E-state index in [1.54, 1.807) is 30.3 Å². The topological polar surface area (TPSA) is 29.5 Å². The van der Waals surface area contributed by atoms with Crippen LogP contribution in [-0.4, -0.2) is 5.11 Å². The average Bonchev–Trinajstić information content (AvgIpc) is 2.41. The van der Waals surface area contributed by atoms with Gasteiger partial charge < -0.3 is 9.84 Å². The molecule has 0 atom stereocenters. The fraction of sp³-hybridized carbons (Fsp3) is 0.143. The van der Waals surface area contributed by atoms with Crippen molar-refractivity contribution in [2.75, 3.05) is 0 Å². The molecule has 0 aromatic heterocycles. The first-order valence-corrected chi connectivity index (χ1v) is 6.32. The summed E-state index contributed by atoms with van der Waals surface area (Å²) in [6.07, 6.45) is 0. The summed E-state index contributed by atoms with van der Waals surface area (Å²) in [7, 11) is 0. The highest BCUT2D eigenvalue weighted by atomic mass is 35.5. The summed E-state index contributed by atoms with van der Waals surface area (Å²) in [6, 6.07) is 9.45. The van der Waals surface area contributed by atoms with E-state index in [0.29, 0.717) is 21.9 Å². The van der Waals surface area contributed by atoms with Gasteiger partial charge in [-0.15, -0.1) is 0 Å². The van der Waals surface area contributed by atoms with Crippen LogP contribution in [0.4, 0.5) is 4.39 Å². The van der Waals surface area contributed by atoms with Gasteiger partial charge in [0.1, 0.15) is 18.2 Å². The first-order chi connectivity index (χ1) is 9.11. The zero-order valence-corrected chi connectivity index (χ0v) is 11.4. The number of benzene rings is 2. The van der Waals surface area contributed by atoms with E-state index < -0.39 is 5.82 Å². The lowest BCUT2D eigenvalue weighted by Crippen LogP contribution is -2.00. The van der Waals surface area contributed by atoms with Crippen molar-refractivity contribution >= 4 is 23.2 Å². The predicted molar refractivity (Wildman–Crippen MR) is 73.1 cm³/mol. The molecule has 0 aliphatic carbocycles. The zero-order valence-electron chi connectivity index (χ0n) is 9.87. The first-order valence-electron chi connectivity index (χ1n) is 5.57. The van der Waals surface area contributed by atoms with E-state index in [1.165, 1.54) is 6.07 Å². The van der Waals surface area contributed by atoms with Gasteiger partial charge >= 0.3 is 0 Å². The number of rotatable bonds is 4. The minimum Gasteiger partial charge on any atom is -0.488 e. The average molecular weight is 301 g/mol. The first kappa shape index (κ1) is 14.1. The molecular formula is C14H11Cl2FO2. The van der Waals surface area contributed by atoms with Crippen molar-refractivity contribution in [3.05, 3.63) is 63.4 Å². The molecule has 0 heterocycles. The van der Waals surface area contributed by atoms with E-state index in [-0.39, 0.29) is 18.2 Å². The van der Waals surface area contributed by atoms with Crippen LogP contribution in [0.2, 0.25) is 10.0 Å². The summed E-state index contributed by atoms with van der Waals surface area (Å²) in [6.45, 7) is -0.0714. The van der Waals surface area contributed by atoms with Crippen LogP contribution in [0.3, 0.4) is 0 Å². The van der Waals surface area contributed by atoms with Gasteiger partial charge in [-0.25, -0.2) is 4.39 Å². The van der Waals surface area contributed by atoms with Gasteiger partial charge in [-0.1, -0.05) is 35.3 Å². The molecule has 0 aliphatic rings. The van der Waals surface area contributed by atoms with E-state index in [1.807, 2.05) is 0 Å². The second-order valence-electron chi connectivity index (χ2n) is 3.91. The molecule has 2 rings (SSSR count). The third-order valence-corrected chi connectivity index (χ3v) is 3.27. The number of hydrogen-bond donors (Lipinski definition) is 1. The highest BCUT2D eigenvalue weighted by Crippen LogP contribution is 2.26. The zero-order chi connectivity index (χ0) is 13.8. The van der Waals surface area contributed by atoms with Gasteiger partial charge in [0, 0.05) is 16.1 Å². The molecule has 0 bridgehead atoms. The van der Waals surface area contributed by atoms with Gasteiger partial charge in [0.05, 0.1) is 11.6 Å². The minimum absolute atomic E-state index is 0.0435. The molecule has 0 amide bonds. The van der Waals surface area contributed by atoms with Gasteiger partial charge in [0.2, 0.25) is 0 Å². The maximum absolute atomic E-state index is 13.3. The second-order valence-corrected chi connectivity index (χ2v) is 4.73. The van der Waals surface area contributed by atoms with Crippen LogP contribution in [0.5, 0.6) is 5.75 Å². The molecule has 100 valence electrons. The standard InChI is InChI=1S/C14H11Cl2FO2/c15-11-4-5-13(10(6-11)7-18)19-8-9-2-1-3-12(17)14(9)16/h1-6,18H,7-8H2. The van der Waals surface area contributed by atoms with Crippen LogP contribution in [0.25, 0.3) is 0 Å². The van der Waals surface area contributed by atoms with Gasteiger partial charge in [0.15, 0.2) is 0 Å². The minimum atomic E-state index is -0.485. The van der Waals surface area contributed by atoms with Gasteiger partial charge in [-0.05, 0) is 24.3 Å². The Morgan fingerprint density at radius 2 is 1.89 bits per heavy atom. The number of aliphatic hydroxyl groups is 1. The van der Waals surface area contributed by atoms with E-state index >= 15 is 0 Å². The summed E-state index contributed by atoms with van der Waals surface area (Å²) < 4.78 is 18.8. The quantitative estimate of drug-likeness (QED) is 0.917. The van der Waals surface area contributed by atoms with Gasteiger partial charge in [-0.2, -0.15) is 0 Å². The number of ether oxygens (including phenoxy) is 1. The molecule has 0 fully saturated rings. The maximum atomic E-state index is 13.3. The van der Waals surface area contributed by atoms with Crippen molar-refractivity contribution in [3.8, 4) is 5.75 Å². The summed E-state index contributed by atoms with van der Waals surface area (Å²) in [5.74, 6) is 0.00785. The van der Waals surface area contributed by atoms with Crippen LogP contribution in [0.15, 0.2) is 36.4 Å². The summed E-state index contributed by atoms with van der Waals surface area (Å²) in [4.78, 5) is 0. The normalized spacial score (nSPS) is 10.5. The Hall–Kier alpha value is -1.29. The van der Waals surface area contributed by atoms with Crippen molar-refractivity contribution < 1.29 is 14.2 Å². The fourth-order valence-corrected chi connectivity index (χ4v) is 2.00. The molecule has 0 saturated heterocycles. The van der Waals surface area contributed by atoms with Crippen molar-refractivity contribution in [1.82, 2.24) is 0 Å². The van der Waals surface area contributed by atoms with Crippen LogP contribution in [0, 0.1) is 5.82 Å². The summed E-state index contributed by atoms with van der Waals surface area (Å²) in [5.41, 5.74) is 1.11. The van der Waals surface area contributed by atoms with E-state index in [4.69, 9.17) is 27.9 Å². The van der Waals surface area contributed by atoms with Gasteiger partial charge in [0.25, 0.3) is 0 Å². The molecule has 2 nitrogen and oxygen atoms in total. The monoisotopic (exact) mass is 300 g/mol. The molecule has 0 unspecified atom stereocenters. The lowest BCUT2D eigenvalue weighted by molar-refractivity contribution is 0.259. The smallest absolute Gasteiger partial charge is 0.142 e. The third kappa shape index (κ3) is 3.38. The van der Waals surface area contributed by atoms with E-state index in [9.17, 15) is 9.50 Å². The molecule has 0 saturated carbocycles. The van der Waals surface area contributed by atoms with Crippen molar-refractivity contribution in [2.24, 2.45) is 0 Å². The summed E-state index contributed by atoms with van der Waals surface area (Å²) in [5, 5.41) is 9.77. The Morgan fingerprint density at radius 3 is 2.63 bits per heavy atom. The highest BCUT2D eigenvalue weighted by Gasteiger charge is 2.08. The SMILES string of the molecule is OCc1cc(Cl)ccc1OCc1cccc(F)c1Cl. The highest BCUT2D eigenvalue weighted by molar-refractivity contribution is 6.31. The molecule has 0 aliphatic heterocycles. The molecule has 1 N–H and O–H groups in total. The van der Waals surface area contributed by atoms with Crippen molar-refractivity contribution in [2.45, 2.75) is 13.2 Å². The lowest BCUT2D eigenvalue weighted by Gasteiger charge is -2.11. The molecular weight excluding hydrogens is 290 g/mol. The number of hydrogen-bond acceptors (Lipinski definition) is 2. The Kier molecular flexibility index (Phi) is 4.64. The maximum Gasteiger partial charge on any atom is 0.142 e. The van der Waals surface area contributed by atoms with Crippen LogP contribution in [-0.2, 0) is 13.2 Å². The molecule has 5 heteroatoms. The Labute approximate surface area is 120 Å². The van der Waals surface area contributed by atoms with E-state index in [0.717, 1.165) is 0 Å². The molecule has 0 radical (unpaired) electrons. The number of aliphatic hydroxyl groups excluding tert-OH is 1. The molecule has 2 aromatic carbocycles. The van der Waals surface area contributed by atoms with Crippen LogP contribution >= 0.6 is 23.2 Å². The van der Waals surface area contributed by atoms with Crippen molar-refractivity contribution in [3.63, 3.8) is 0 Å². The largest absolute Gasteiger partial charge is 0.488 e. The Bertz CT molecular complexity index is 588. The molecule has 2 aromatic rings. The Balaban J connectivity index is 2.17. The fourth-order valence-electron chi connectivity index (χ4n) is 1.63. The summed E-state index contributed by atoms with van der Waals surface area (Å²) >= 11 is 11.7. The third-order valence-electron chi connectivity index (χ3n) is 2.61. The van der Waals surface area contributed by atoms with Crippen LogP contribution < -0.4 is 4.74 Å².